The highest BCUT2D eigenvalue weighted by atomic mass is 32.2. The van der Waals surface area contributed by atoms with Crippen molar-refractivity contribution in [3.63, 3.8) is 0 Å². The number of hydrogen-bond acceptors (Lipinski definition) is 3. The predicted octanol–water partition coefficient (Wildman–Crippen LogP) is 3.47. The van der Waals surface area contributed by atoms with E-state index in [9.17, 15) is 13.2 Å². The molecule has 5 heteroatoms. The van der Waals surface area contributed by atoms with Crippen LogP contribution in [0, 0.1) is 0 Å². The summed E-state index contributed by atoms with van der Waals surface area (Å²) in [6.07, 6.45) is 2.81. The molecule has 0 heterocycles. The molecular formula is C18H21NO3S. The van der Waals surface area contributed by atoms with Crippen LogP contribution in [0.3, 0.4) is 0 Å². The number of amides is 1. The maximum atomic E-state index is 12.5. The molecule has 0 atom stereocenters. The van der Waals surface area contributed by atoms with E-state index in [4.69, 9.17) is 0 Å². The lowest BCUT2D eigenvalue weighted by molar-refractivity contribution is 0.102. The Morgan fingerprint density at radius 2 is 1.48 bits per heavy atom. The van der Waals surface area contributed by atoms with Gasteiger partial charge in [0.1, 0.15) is 0 Å². The minimum atomic E-state index is -3.26. The van der Waals surface area contributed by atoms with Crippen molar-refractivity contribution in [2.45, 2.75) is 31.6 Å². The van der Waals surface area contributed by atoms with Gasteiger partial charge in [-0.3, -0.25) is 4.79 Å². The van der Waals surface area contributed by atoms with Crippen molar-refractivity contribution < 1.29 is 13.2 Å². The summed E-state index contributed by atoms with van der Waals surface area (Å²) in [6.45, 7) is 4.09. The van der Waals surface area contributed by atoms with Crippen molar-refractivity contribution in [2.75, 3.05) is 11.6 Å². The fourth-order valence-corrected chi connectivity index (χ4v) is 3.07. The second kappa shape index (κ2) is 6.96. The van der Waals surface area contributed by atoms with Gasteiger partial charge in [0, 0.05) is 17.5 Å². The molecule has 4 nitrogen and oxygen atoms in total. The zero-order valence-corrected chi connectivity index (χ0v) is 14.4. The lowest BCUT2D eigenvalue weighted by Crippen LogP contribution is -2.15. The van der Waals surface area contributed by atoms with Gasteiger partial charge in [-0.25, -0.2) is 8.42 Å². The van der Waals surface area contributed by atoms with Gasteiger partial charge in [-0.15, -0.1) is 0 Å². The molecule has 0 aliphatic carbocycles. The van der Waals surface area contributed by atoms with Crippen molar-refractivity contribution in [3.8, 4) is 0 Å². The third kappa shape index (κ3) is 3.99. The first-order valence-electron chi connectivity index (χ1n) is 7.59. The molecule has 122 valence electrons. The number of benzene rings is 2. The summed E-state index contributed by atoms with van der Waals surface area (Å²) in [5.74, 6) is -0.236. The summed E-state index contributed by atoms with van der Waals surface area (Å²) < 4.78 is 22.9. The zero-order chi connectivity index (χ0) is 17.0. The molecule has 0 bridgehead atoms. The number of carbonyl (C=O) groups excluding carboxylic acids is 1. The first kappa shape index (κ1) is 17.2. The molecule has 2 aromatic rings. The van der Waals surface area contributed by atoms with Gasteiger partial charge in [0.05, 0.1) is 4.90 Å². The highest BCUT2D eigenvalue weighted by molar-refractivity contribution is 7.90. The molecule has 0 saturated heterocycles. The van der Waals surface area contributed by atoms with Crippen LogP contribution in [0.5, 0.6) is 0 Å². The van der Waals surface area contributed by atoms with Gasteiger partial charge in [-0.1, -0.05) is 32.0 Å². The van der Waals surface area contributed by atoms with Crippen molar-refractivity contribution in [3.05, 3.63) is 59.2 Å². The smallest absolute Gasteiger partial charge is 0.255 e. The van der Waals surface area contributed by atoms with Crippen LogP contribution in [-0.4, -0.2) is 20.6 Å². The molecule has 0 aliphatic heterocycles. The Hall–Kier alpha value is -2.14. The van der Waals surface area contributed by atoms with E-state index in [1.165, 1.54) is 24.3 Å². The average molecular weight is 331 g/mol. The fraction of sp³-hybridized carbons (Fsp3) is 0.278. The fourth-order valence-electron chi connectivity index (χ4n) is 2.44. The number of carbonyl (C=O) groups is 1. The normalized spacial score (nSPS) is 11.3. The lowest BCUT2D eigenvalue weighted by atomic mass is 10.0. The van der Waals surface area contributed by atoms with Crippen LogP contribution in [0.4, 0.5) is 5.69 Å². The molecule has 0 spiro atoms. The van der Waals surface area contributed by atoms with Crippen LogP contribution in [0.2, 0.25) is 0 Å². The Morgan fingerprint density at radius 1 is 0.957 bits per heavy atom. The van der Waals surface area contributed by atoms with Crippen LogP contribution in [-0.2, 0) is 22.7 Å². The number of sulfone groups is 1. The Morgan fingerprint density at radius 3 is 1.91 bits per heavy atom. The number of rotatable bonds is 5. The third-order valence-electron chi connectivity index (χ3n) is 3.78. The van der Waals surface area contributed by atoms with Gasteiger partial charge in [-0.05, 0) is 48.2 Å². The van der Waals surface area contributed by atoms with Crippen molar-refractivity contribution in [2.24, 2.45) is 0 Å². The standard InChI is InChI=1S/C18H21NO3S/c1-4-13-7-6-8-14(5-2)17(13)19-18(20)15-9-11-16(12-10-15)23(3,21)22/h6-12H,4-5H2,1-3H3,(H,19,20). The van der Waals surface area contributed by atoms with E-state index < -0.39 is 9.84 Å². The Labute approximate surface area is 137 Å². The molecule has 2 aromatic carbocycles. The van der Waals surface area contributed by atoms with Crippen molar-refractivity contribution >= 4 is 21.4 Å². The van der Waals surface area contributed by atoms with E-state index in [1.807, 2.05) is 32.0 Å². The molecule has 1 amide bonds. The van der Waals surface area contributed by atoms with Gasteiger partial charge in [0.25, 0.3) is 5.91 Å². The Kier molecular flexibility index (Phi) is 5.21. The number of hydrogen-bond donors (Lipinski definition) is 1. The first-order valence-corrected chi connectivity index (χ1v) is 9.48. The summed E-state index contributed by atoms with van der Waals surface area (Å²) in [7, 11) is -3.26. The van der Waals surface area contributed by atoms with Crippen molar-refractivity contribution in [1.82, 2.24) is 0 Å². The molecule has 0 radical (unpaired) electrons. The highest BCUT2D eigenvalue weighted by Crippen LogP contribution is 2.23. The number of nitrogens with one attached hydrogen (secondary N) is 1. The second-order valence-corrected chi connectivity index (χ2v) is 7.42. The van der Waals surface area contributed by atoms with Gasteiger partial charge >= 0.3 is 0 Å². The van der Waals surface area contributed by atoms with E-state index in [0.29, 0.717) is 5.56 Å². The Bertz CT molecular complexity index is 786. The number of aryl methyl sites for hydroxylation is 2. The van der Waals surface area contributed by atoms with Crippen LogP contribution in [0.25, 0.3) is 0 Å². The summed E-state index contributed by atoms with van der Waals surface area (Å²) in [5.41, 5.74) is 3.47. The molecule has 2 rings (SSSR count). The molecule has 0 aliphatic rings. The highest BCUT2D eigenvalue weighted by Gasteiger charge is 2.13. The number of anilines is 1. The maximum absolute atomic E-state index is 12.5. The molecule has 0 saturated carbocycles. The summed E-state index contributed by atoms with van der Waals surface area (Å²) in [5, 5.41) is 2.97. The van der Waals surface area contributed by atoms with Gasteiger partial charge in [0.15, 0.2) is 9.84 Å². The molecule has 1 N–H and O–H groups in total. The van der Waals surface area contributed by atoms with Gasteiger partial charge in [-0.2, -0.15) is 0 Å². The zero-order valence-electron chi connectivity index (χ0n) is 13.6. The second-order valence-electron chi connectivity index (χ2n) is 5.41. The summed E-state index contributed by atoms with van der Waals surface area (Å²) in [4.78, 5) is 12.7. The van der Waals surface area contributed by atoms with Crippen LogP contribution in [0.15, 0.2) is 47.4 Å². The Balaban J connectivity index is 2.29. The van der Waals surface area contributed by atoms with E-state index in [0.717, 1.165) is 35.9 Å². The van der Waals surface area contributed by atoms with Crippen LogP contribution in [0.1, 0.15) is 35.3 Å². The predicted molar refractivity (Wildman–Crippen MR) is 92.7 cm³/mol. The van der Waals surface area contributed by atoms with Crippen LogP contribution < -0.4 is 5.32 Å². The minimum absolute atomic E-state index is 0.206. The molecule has 23 heavy (non-hydrogen) atoms. The number of para-hydroxylation sites is 1. The summed E-state index contributed by atoms with van der Waals surface area (Å²) in [6, 6.07) is 12.0. The SMILES string of the molecule is CCc1cccc(CC)c1NC(=O)c1ccc(S(C)(=O)=O)cc1. The van der Waals surface area contributed by atoms with E-state index in [2.05, 4.69) is 5.32 Å². The van der Waals surface area contributed by atoms with Crippen molar-refractivity contribution in [1.29, 1.82) is 0 Å². The largest absolute Gasteiger partial charge is 0.321 e. The average Bonchev–Trinajstić information content (AvgIpc) is 2.54. The summed E-state index contributed by atoms with van der Waals surface area (Å²) >= 11 is 0. The first-order chi connectivity index (χ1) is 10.9. The van der Waals surface area contributed by atoms with E-state index in [-0.39, 0.29) is 10.8 Å². The van der Waals surface area contributed by atoms with Gasteiger partial charge < -0.3 is 5.32 Å². The quantitative estimate of drug-likeness (QED) is 0.912. The minimum Gasteiger partial charge on any atom is -0.321 e. The third-order valence-corrected chi connectivity index (χ3v) is 4.91. The van der Waals surface area contributed by atoms with Crippen LogP contribution >= 0.6 is 0 Å². The maximum Gasteiger partial charge on any atom is 0.255 e. The molecule has 0 fully saturated rings. The molecular weight excluding hydrogens is 310 g/mol. The monoisotopic (exact) mass is 331 g/mol. The van der Waals surface area contributed by atoms with Gasteiger partial charge in [0.2, 0.25) is 0 Å². The topological polar surface area (TPSA) is 63.2 Å². The molecule has 0 aromatic heterocycles. The van der Waals surface area contributed by atoms with E-state index >= 15 is 0 Å². The molecule has 0 unspecified atom stereocenters. The van der Waals surface area contributed by atoms with E-state index in [1.54, 1.807) is 0 Å². The lowest BCUT2D eigenvalue weighted by Gasteiger charge is -2.14.